The van der Waals surface area contributed by atoms with Gasteiger partial charge in [0.25, 0.3) is 0 Å². The summed E-state index contributed by atoms with van der Waals surface area (Å²) >= 11 is 0. The van der Waals surface area contributed by atoms with E-state index in [1.54, 1.807) is 12.3 Å². The molecule has 1 aromatic heterocycles. The Morgan fingerprint density at radius 1 is 1.53 bits per heavy atom. The van der Waals surface area contributed by atoms with E-state index in [1.165, 1.54) is 6.92 Å². The smallest absolute Gasteiger partial charge is 0.306 e. The van der Waals surface area contributed by atoms with Crippen LogP contribution in [0.3, 0.4) is 0 Å². The normalized spacial score (nSPS) is 22.6. The summed E-state index contributed by atoms with van der Waals surface area (Å²) in [6, 6.07) is 3.59. The number of carboxylic acids is 1. The molecule has 1 aliphatic rings. The van der Waals surface area contributed by atoms with Gasteiger partial charge in [-0.15, -0.1) is 0 Å². The third kappa shape index (κ3) is 2.43. The molecule has 1 aromatic rings. The molecule has 17 heavy (non-hydrogen) atoms. The van der Waals surface area contributed by atoms with Crippen LogP contribution >= 0.6 is 0 Å². The first kappa shape index (κ1) is 11.6. The van der Waals surface area contributed by atoms with Crippen LogP contribution in [0, 0.1) is 5.92 Å². The summed E-state index contributed by atoms with van der Waals surface area (Å²) in [6.45, 7) is 1.31. The van der Waals surface area contributed by atoms with E-state index < -0.39 is 24.0 Å². The molecule has 5 nitrogen and oxygen atoms in total. The molecule has 2 unspecified atom stereocenters. The number of aliphatic carboxylic acids is 1. The number of pyridine rings is 1. The van der Waals surface area contributed by atoms with Crippen molar-refractivity contribution in [1.29, 1.82) is 0 Å². The van der Waals surface area contributed by atoms with Gasteiger partial charge in [0.05, 0.1) is 11.6 Å². The number of aromatic nitrogens is 1. The Kier molecular flexibility index (Phi) is 3.08. The van der Waals surface area contributed by atoms with E-state index in [4.69, 9.17) is 9.84 Å². The van der Waals surface area contributed by atoms with Gasteiger partial charge >= 0.3 is 11.9 Å². The monoisotopic (exact) mass is 235 g/mol. The molecule has 0 saturated carbocycles. The molecule has 5 heteroatoms. The van der Waals surface area contributed by atoms with E-state index in [9.17, 15) is 9.59 Å². The Hall–Kier alpha value is -1.91. The Labute approximate surface area is 98.4 Å². The van der Waals surface area contributed by atoms with Crippen molar-refractivity contribution in [1.82, 2.24) is 4.98 Å². The second-order valence-electron chi connectivity index (χ2n) is 4.12. The highest BCUT2D eigenvalue weighted by atomic mass is 16.5. The number of carbonyl (C=O) groups is 2. The third-order valence-electron chi connectivity index (χ3n) is 2.85. The van der Waals surface area contributed by atoms with Gasteiger partial charge in [-0.05, 0) is 18.1 Å². The van der Waals surface area contributed by atoms with E-state index in [-0.39, 0.29) is 0 Å². The minimum atomic E-state index is -0.864. The molecule has 0 radical (unpaired) electrons. The van der Waals surface area contributed by atoms with Crippen molar-refractivity contribution in [2.24, 2.45) is 5.92 Å². The van der Waals surface area contributed by atoms with Crippen LogP contribution in [0.4, 0.5) is 0 Å². The molecule has 0 spiro atoms. The molecule has 2 rings (SSSR count). The zero-order chi connectivity index (χ0) is 12.4. The van der Waals surface area contributed by atoms with Crippen LogP contribution < -0.4 is 0 Å². The topological polar surface area (TPSA) is 76.5 Å². The zero-order valence-electron chi connectivity index (χ0n) is 9.42. The highest BCUT2D eigenvalue weighted by Crippen LogP contribution is 2.34. The molecule has 0 bridgehead atoms. The van der Waals surface area contributed by atoms with Crippen molar-refractivity contribution < 1.29 is 19.4 Å². The summed E-state index contributed by atoms with van der Waals surface area (Å²) in [5.41, 5.74) is 1.53. The SMILES string of the molecule is CC(=O)OC1CC(C(=O)O)Cc2cccnc21. The number of esters is 1. The molecule has 0 fully saturated rings. The fourth-order valence-electron chi connectivity index (χ4n) is 2.12. The van der Waals surface area contributed by atoms with Gasteiger partial charge in [-0.3, -0.25) is 14.6 Å². The van der Waals surface area contributed by atoms with Crippen LogP contribution in [0.25, 0.3) is 0 Å². The number of rotatable bonds is 2. The summed E-state index contributed by atoms with van der Waals surface area (Å²) in [6.07, 6.45) is 1.81. The Morgan fingerprint density at radius 2 is 2.29 bits per heavy atom. The first-order valence-electron chi connectivity index (χ1n) is 5.41. The van der Waals surface area contributed by atoms with Gasteiger partial charge in [-0.25, -0.2) is 0 Å². The molecular weight excluding hydrogens is 222 g/mol. The summed E-state index contributed by atoms with van der Waals surface area (Å²) < 4.78 is 5.13. The maximum Gasteiger partial charge on any atom is 0.306 e. The molecule has 2 atom stereocenters. The number of nitrogens with zero attached hydrogens (tertiary/aromatic N) is 1. The average Bonchev–Trinajstić information content (AvgIpc) is 2.28. The van der Waals surface area contributed by atoms with Gasteiger partial charge in [0, 0.05) is 19.5 Å². The summed E-state index contributed by atoms with van der Waals surface area (Å²) in [4.78, 5) is 26.2. The summed E-state index contributed by atoms with van der Waals surface area (Å²) in [5, 5.41) is 9.05. The van der Waals surface area contributed by atoms with Crippen molar-refractivity contribution in [3.05, 3.63) is 29.6 Å². The molecular formula is C12H13NO4. The quantitative estimate of drug-likeness (QED) is 0.782. The molecule has 1 heterocycles. The maximum atomic E-state index is 11.0. The third-order valence-corrected chi connectivity index (χ3v) is 2.85. The minimum absolute atomic E-state index is 0.291. The number of ether oxygens (including phenoxy) is 1. The largest absolute Gasteiger partial charge is 0.481 e. The van der Waals surface area contributed by atoms with Crippen molar-refractivity contribution in [2.75, 3.05) is 0 Å². The van der Waals surface area contributed by atoms with Crippen molar-refractivity contribution in [2.45, 2.75) is 25.9 Å². The van der Waals surface area contributed by atoms with Gasteiger partial charge < -0.3 is 9.84 Å². The predicted octanol–water partition coefficient (Wildman–Crippen LogP) is 1.33. The molecule has 0 aromatic carbocycles. The number of carboxylic acid groups (broad SMARTS) is 1. The highest BCUT2D eigenvalue weighted by Gasteiger charge is 2.33. The molecule has 90 valence electrons. The van der Waals surface area contributed by atoms with Crippen LogP contribution in [0.15, 0.2) is 18.3 Å². The van der Waals surface area contributed by atoms with Gasteiger partial charge in [-0.2, -0.15) is 0 Å². The first-order chi connectivity index (χ1) is 8.08. The standard InChI is InChI=1S/C12H13NO4/c1-7(14)17-10-6-9(12(15)16)5-8-3-2-4-13-11(8)10/h2-4,9-10H,5-6H2,1H3,(H,15,16). The average molecular weight is 235 g/mol. The van der Waals surface area contributed by atoms with E-state index in [1.807, 2.05) is 6.07 Å². The fraction of sp³-hybridized carbons (Fsp3) is 0.417. The number of carbonyl (C=O) groups excluding carboxylic acids is 1. The fourth-order valence-corrected chi connectivity index (χ4v) is 2.12. The van der Waals surface area contributed by atoms with Crippen molar-refractivity contribution in [3.63, 3.8) is 0 Å². The second-order valence-corrected chi connectivity index (χ2v) is 4.12. The van der Waals surface area contributed by atoms with Crippen LogP contribution in [0.2, 0.25) is 0 Å². The Bertz CT molecular complexity index is 458. The number of hydrogen-bond donors (Lipinski definition) is 1. The lowest BCUT2D eigenvalue weighted by molar-refractivity contribution is -0.152. The Balaban J connectivity index is 2.32. The molecule has 1 N–H and O–H groups in total. The molecule has 0 saturated heterocycles. The maximum absolute atomic E-state index is 11.0. The van der Waals surface area contributed by atoms with Crippen LogP contribution in [0.1, 0.15) is 30.7 Å². The molecule has 1 aliphatic carbocycles. The van der Waals surface area contributed by atoms with E-state index >= 15 is 0 Å². The van der Waals surface area contributed by atoms with Crippen molar-refractivity contribution >= 4 is 11.9 Å². The molecule has 0 amide bonds. The van der Waals surface area contributed by atoms with E-state index in [0.29, 0.717) is 18.5 Å². The number of hydrogen-bond acceptors (Lipinski definition) is 4. The first-order valence-corrected chi connectivity index (χ1v) is 5.41. The van der Waals surface area contributed by atoms with Crippen LogP contribution in [0.5, 0.6) is 0 Å². The minimum Gasteiger partial charge on any atom is -0.481 e. The van der Waals surface area contributed by atoms with E-state index in [2.05, 4.69) is 4.98 Å². The van der Waals surface area contributed by atoms with Crippen LogP contribution in [-0.4, -0.2) is 22.0 Å². The second kappa shape index (κ2) is 4.53. The number of fused-ring (bicyclic) bond motifs is 1. The van der Waals surface area contributed by atoms with Gasteiger partial charge in [0.1, 0.15) is 6.10 Å². The van der Waals surface area contributed by atoms with Crippen LogP contribution in [-0.2, 0) is 20.7 Å². The van der Waals surface area contributed by atoms with Gasteiger partial charge in [0.2, 0.25) is 0 Å². The van der Waals surface area contributed by atoms with E-state index in [0.717, 1.165) is 5.56 Å². The van der Waals surface area contributed by atoms with Gasteiger partial charge in [0.15, 0.2) is 0 Å². The highest BCUT2D eigenvalue weighted by molar-refractivity contribution is 5.71. The molecule has 0 aliphatic heterocycles. The summed E-state index contributed by atoms with van der Waals surface area (Å²) in [5.74, 6) is -1.80. The Morgan fingerprint density at radius 3 is 2.94 bits per heavy atom. The van der Waals surface area contributed by atoms with Crippen molar-refractivity contribution in [3.8, 4) is 0 Å². The van der Waals surface area contributed by atoms with Gasteiger partial charge in [-0.1, -0.05) is 6.07 Å². The zero-order valence-corrected chi connectivity index (χ0v) is 9.42. The predicted molar refractivity (Wildman–Crippen MR) is 58.2 cm³/mol. The summed E-state index contributed by atoms with van der Waals surface area (Å²) in [7, 11) is 0. The lowest BCUT2D eigenvalue weighted by Crippen LogP contribution is -2.28. The lowest BCUT2D eigenvalue weighted by atomic mass is 9.85. The lowest BCUT2D eigenvalue weighted by Gasteiger charge is -2.27.